The summed E-state index contributed by atoms with van der Waals surface area (Å²) in [6.45, 7) is 0. The molecule has 1 heterocycles. The van der Waals surface area contributed by atoms with Crippen molar-refractivity contribution in [1.29, 1.82) is 0 Å². The Balaban J connectivity index is 2.89. The quantitative estimate of drug-likeness (QED) is 0.823. The van der Waals surface area contributed by atoms with Gasteiger partial charge in [-0.25, -0.2) is 4.79 Å². The predicted molar refractivity (Wildman–Crippen MR) is 65.1 cm³/mol. The van der Waals surface area contributed by atoms with Crippen molar-refractivity contribution in [2.24, 2.45) is 0 Å². The molecule has 5 nitrogen and oxygen atoms in total. The molecule has 0 saturated carbocycles. The van der Waals surface area contributed by atoms with Gasteiger partial charge in [0.25, 0.3) is 0 Å². The van der Waals surface area contributed by atoms with Crippen LogP contribution in [0.4, 0.5) is 5.69 Å². The molecule has 2 aromatic rings. The second kappa shape index (κ2) is 4.37. The Morgan fingerprint density at radius 1 is 1.24 bits per heavy atom. The molecule has 0 aliphatic heterocycles. The van der Waals surface area contributed by atoms with Crippen molar-refractivity contribution in [2.45, 2.75) is 0 Å². The van der Waals surface area contributed by atoms with Gasteiger partial charge in [0.15, 0.2) is 11.3 Å². The van der Waals surface area contributed by atoms with Crippen molar-refractivity contribution in [3.63, 3.8) is 0 Å². The Morgan fingerprint density at radius 2 is 2.00 bits per heavy atom. The molecule has 1 aromatic carbocycles. The lowest BCUT2D eigenvalue weighted by molar-refractivity contribution is 0.352. The van der Waals surface area contributed by atoms with Crippen molar-refractivity contribution in [3.8, 4) is 11.5 Å². The highest BCUT2D eigenvalue weighted by Gasteiger charge is 2.14. The minimum Gasteiger partial charge on any atom is -0.493 e. The van der Waals surface area contributed by atoms with Gasteiger partial charge in [-0.2, -0.15) is 0 Å². The number of rotatable bonds is 3. The van der Waals surface area contributed by atoms with E-state index >= 15 is 0 Å². The van der Waals surface area contributed by atoms with Crippen molar-refractivity contribution in [1.82, 2.24) is 0 Å². The van der Waals surface area contributed by atoms with Crippen LogP contribution in [0.1, 0.15) is 0 Å². The van der Waals surface area contributed by atoms with E-state index in [1.54, 1.807) is 13.1 Å². The van der Waals surface area contributed by atoms with Gasteiger partial charge in [-0.05, 0) is 12.1 Å². The molecule has 1 N–H and O–H groups in total. The maximum Gasteiger partial charge on any atom is 0.338 e. The van der Waals surface area contributed by atoms with Gasteiger partial charge < -0.3 is 19.2 Å². The minimum absolute atomic E-state index is 0.378. The van der Waals surface area contributed by atoms with Crippen LogP contribution in [0, 0.1) is 0 Å². The van der Waals surface area contributed by atoms with Crippen LogP contribution in [-0.2, 0) is 0 Å². The summed E-state index contributed by atoms with van der Waals surface area (Å²) in [5.74, 6) is 0.940. The normalized spacial score (nSPS) is 10.3. The third-order valence-corrected chi connectivity index (χ3v) is 2.52. The van der Waals surface area contributed by atoms with E-state index in [9.17, 15) is 4.79 Å². The van der Waals surface area contributed by atoms with Crippen LogP contribution >= 0.6 is 0 Å². The Hall–Kier alpha value is -2.17. The molecule has 0 spiro atoms. The first kappa shape index (κ1) is 11.3. The van der Waals surface area contributed by atoms with Crippen molar-refractivity contribution in [3.05, 3.63) is 28.6 Å². The summed E-state index contributed by atoms with van der Waals surface area (Å²) in [6, 6.07) is 4.97. The average molecular weight is 235 g/mol. The molecule has 0 atom stereocenters. The number of hydrogen-bond acceptors (Lipinski definition) is 5. The van der Waals surface area contributed by atoms with Crippen LogP contribution in [-0.4, -0.2) is 21.3 Å². The highest BCUT2D eigenvalue weighted by Crippen LogP contribution is 2.36. The molecule has 0 bridgehead atoms. The molecule has 0 aliphatic rings. The van der Waals surface area contributed by atoms with Crippen LogP contribution in [0.15, 0.2) is 27.4 Å². The zero-order valence-corrected chi connectivity index (χ0v) is 9.87. The van der Waals surface area contributed by atoms with Crippen LogP contribution in [0.3, 0.4) is 0 Å². The zero-order chi connectivity index (χ0) is 12.4. The molecule has 5 heteroatoms. The predicted octanol–water partition coefficient (Wildman–Crippen LogP) is 1.85. The summed E-state index contributed by atoms with van der Waals surface area (Å²) in [7, 11) is 4.78. The zero-order valence-electron chi connectivity index (χ0n) is 9.87. The van der Waals surface area contributed by atoms with Crippen molar-refractivity contribution >= 4 is 16.7 Å². The molecule has 0 amide bonds. The first-order valence-electron chi connectivity index (χ1n) is 5.08. The maximum atomic E-state index is 11.4. The third-order valence-electron chi connectivity index (χ3n) is 2.52. The number of ether oxygens (including phenoxy) is 2. The van der Waals surface area contributed by atoms with Crippen LogP contribution < -0.4 is 20.4 Å². The summed E-state index contributed by atoms with van der Waals surface area (Å²) < 4.78 is 15.5. The van der Waals surface area contributed by atoms with Gasteiger partial charge in [-0.15, -0.1) is 0 Å². The summed E-state index contributed by atoms with van der Waals surface area (Å²) in [5, 5.41) is 3.71. The maximum absolute atomic E-state index is 11.4. The van der Waals surface area contributed by atoms with Gasteiger partial charge in [-0.3, -0.25) is 0 Å². The molecule has 0 fully saturated rings. The Bertz CT molecular complexity index is 603. The number of hydrogen-bond donors (Lipinski definition) is 1. The topological polar surface area (TPSA) is 60.7 Å². The number of benzene rings is 1. The largest absolute Gasteiger partial charge is 0.493 e. The molecule has 90 valence electrons. The minimum atomic E-state index is -0.437. The SMILES string of the molecule is CNc1cc(=O)oc2c(OC)c(OC)ccc12. The van der Waals surface area contributed by atoms with E-state index in [1.165, 1.54) is 20.3 Å². The lowest BCUT2D eigenvalue weighted by Crippen LogP contribution is -2.02. The van der Waals surface area contributed by atoms with Crippen LogP contribution in [0.25, 0.3) is 11.0 Å². The average Bonchev–Trinajstić information content (AvgIpc) is 2.36. The van der Waals surface area contributed by atoms with E-state index in [0.717, 1.165) is 5.39 Å². The summed E-state index contributed by atoms with van der Waals surface area (Å²) in [5.41, 5.74) is 0.634. The fourth-order valence-corrected chi connectivity index (χ4v) is 1.74. The third kappa shape index (κ3) is 1.80. The second-order valence-electron chi connectivity index (χ2n) is 3.41. The molecule has 17 heavy (non-hydrogen) atoms. The molecule has 1 aromatic heterocycles. The Kier molecular flexibility index (Phi) is 2.91. The molecule has 0 aliphatic carbocycles. The molecule has 2 rings (SSSR count). The van der Waals surface area contributed by atoms with Crippen molar-refractivity contribution < 1.29 is 13.9 Å². The fourth-order valence-electron chi connectivity index (χ4n) is 1.74. The second-order valence-corrected chi connectivity index (χ2v) is 3.41. The van der Waals surface area contributed by atoms with E-state index in [0.29, 0.717) is 22.8 Å². The first-order chi connectivity index (χ1) is 8.21. The lowest BCUT2D eigenvalue weighted by atomic mass is 10.2. The Morgan fingerprint density at radius 3 is 2.59 bits per heavy atom. The van der Waals surface area contributed by atoms with Gasteiger partial charge in [0, 0.05) is 18.5 Å². The van der Waals surface area contributed by atoms with Gasteiger partial charge >= 0.3 is 5.63 Å². The van der Waals surface area contributed by atoms with Crippen LogP contribution in [0.5, 0.6) is 11.5 Å². The highest BCUT2D eigenvalue weighted by atomic mass is 16.5. The van der Waals surface area contributed by atoms with Gasteiger partial charge in [0.1, 0.15) is 0 Å². The first-order valence-corrected chi connectivity index (χ1v) is 5.08. The molecule has 0 saturated heterocycles. The van der Waals surface area contributed by atoms with Crippen molar-refractivity contribution in [2.75, 3.05) is 26.6 Å². The number of anilines is 1. The van der Waals surface area contributed by atoms with E-state index in [2.05, 4.69) is 5.32 Å². The van der Waals surface area contributed by atoms with E-state index in [1.807, 2.05) is 6.07 Å². The molecule has 0 radical (unpaired) electrons. The number of fused-ring (bicyclic) bond motifs is 1. The van der Waals surface area contributed by atoms with Gasteiger partial charge in [0.05, 0.1) is 19.9 Å². The van der Waals surface area contributed by atoms with Gasteiger partial charge in [0.2, 0.25) is 5.75 Å². The molecule has 0 unspecified atom stereocenters. The highest BCUT2D eigenvalue weighted by molar-refractivity contribution is 5.94. The summed E-state index contributed by atoms with van der Waals surface area (Å²) in [4.78, 5) is 11.4. The number of nitrogens with one attached hydrogen (secondary N) is 1. The lowest BCUT2D eigenvalue weighted by Gasteiger charge is -2.11. The van der Waals surface area contributed by atoms with E-state index in [-0.39, 0.29) is 0 Å². The monoisotopic (exact) mass is 235 g/mol. The smallest absolute Gasteiger partial charge is 0.338 e. The molecular weight excluding hydrogens is 222 g/mol. The number of methoxy groups -OCH3 is 2. The molecular formula is C12H13NO4. The standard InChI is InChI=1S/C12H13NO4/c1-13-8-6-10(14)17-11-7(8)4-5-9(15-2)12(11)16-3/h4-6,13H,1-3H3. The fraction of sp³-hybridized carbons (Fsp3) is 0.250. The summed E-state index contributed by atoms with van der Waals surface area (Å²) >= 11 is 0. The Labute approximate surface area is 98.0 Å². The van der Waals surface area contributed by atoms with E-state index < -0.39 is 5.63 Å². The van der Waals surface area contributed by atoms with Gasteiger partial charge in [-0.1, -0.05) is 0 Å². The van der Waals surface area contributed by atoms with E-state index in [4.69, 9.17) is 13.9 Å². The summed E-state index contributed by atoms with van der Waals surface area (Å²) in [6.07, 6.45) is 0. The van der Waals surface area contributed by atoms with Crippen LogP contribution in [0.2, 0.25) is 0 Å².